The lowest BCUT2D eigenvalue weighted by Crippen LogP contribution is -1.96. The van der Waals surface area contributed by atoms with Crippen molar-refractivity contribution in [3.8, 4) is 5.75 Å². The first-order valence-electron chi connectivity index (χ1n) is 9.27. The van der Waals surface area contributed by atoms with Crippen LogP contribution in [0.2, 0.25) is 5.02 Å². The van der Waals surface area contributed by atoms with E-state index in [0.29, 0.717) is 33.3 Å². The van der Waals surface area contributed by atoms with E-state index in [0.717, 1.165) is 33.7 Å². The number of anilines is 1. The highest BCUT2D eigenvalue weighted by atomic mass is 35.5. The van der Waals surface area contributed by atoms with Gasteiger partial charge in [-0.05, 0) is 68.3 Å². The molecule has 0 unspecified atom stereocenters. The van der Waals surface area contributed by atoms with Gasteiger partial charge in [0.2, 0.25) is 0 Å². The molecule has 0 amide bonds. The second kappa shape index (κ2) is 9.65. The molecule has 30 heavy (non-hydrogen) atoms. The van der Waals surface area contributed by atoms with Gasteiger partial charge in [0.15, 0.2) is 12.0 Å². The molecule has 3 rings (SSSR count). The van der Waals surface area contributed by atoms with Crippen LogP contribution in [0, 0.1) is 20.8 Å². The quantitative estimate of drug-likeness (QED) is 0.177. The number of nitrogens with two attached hydrogens (primary N) is 1. The van der Waals surface area contributed by atoms with E-state index in [1.165, 1.54) is 5.56 Å². The van der Waals surface area contributed by atoms with Gasteiger partial charge in [0, 0.05) is 49.4 Å². The van der Waals surface area contributed by atoms with Crippen molar-refractivity contribution >= 4 is 58.9 Å². The van der Waals surface area contributed by atoms with Crippen LogP contribution in [0.15, 0.2) is 41.3 Å². The number of nitrogens with one attached hydrogen (secondary N) is 1. The van der Waals surface area contributed by atoms with E-state index in [4.69, 9.17) is 33.5 Å². The Kier molecular flexibility index (Phi) is 7.19. The highest BCUT2D eigenvalue weighted by molar-refractivity contribution is 7.98. The number of thioether (sulfide) groups is 1. The predicted octanol–water partition coefficient (Wildman–Crippen LogP) is 6.74. The van der Waals surface area contributed by atoms with E-state index in [-0.39, 0.29) is 0 Å². The van der Waals surface area contributed by atoms with Gasteiger partial charge >= 0.3 is 0 Å². The smallest absolute Gasteiger partial charge is 0.151 e. The van der Waals surface area contributed by atoms with Crippen molar-refractivity contribution in [3.05, 3.63) is 75.1 Å². The van der Waals surface area contributed by atoms with Crippen molar-refractivity contribution in [2.75, 3.05) is 5.73 Å². The SMILES string of the molecule is Cc1[nH]c(/C=C(\C=O)c2cc(SCc3c(Cl)cccc3OCl)ccc2N)c(C)c1C. The molecular weight excluding hydrogens is 439 g/mol. The number of benzene rings is 2. The van der Waals surface area contributed by atoms with Crippen molar-refractivity contribution < 1.29 is 9.08 Å². The molecule has 4 nitrogen and oxygen atoms in total. The van der Waals surface area contributed by atoms with Crippen molar-refractivity contribution in [3.63, 3.8) is 0 Å². The minimum atomic E-state index is 0.516. The van der Waals surface area contributed by atoms with Gasteiger partial charge in [-0.1, -0.05) is 17.7 Å². The van der Waals surface area contributed by atoms with Crippen LogP contribution >= 0.6 is 35.2 Å². The summed E-state index contributed by atoms with van der Waals surface area (Å²) < 4.78 is 4.90. The number of rotatable bonds is 7. The van der Waals surface area contributed by atoms with E-state index in [1.54, 1.807) is 36.0 Å². The van der Waals surface area contributed by atoms with Gasteiger partial charge in [-0.3, -0.25) is 4.79 Å². The number of hydrogen-bond donors (Lipinski definition) is 2. The fourth-order valence-electron chi connectivity index (χ4n) is 3.13. The predicted molar refractivity (Wildman–Crippen MR) is 127 cm³/mol. The lowest BCUT2D eigenvalue weighted by molar-refractivity contribution is -0.103. The number of aldehydes is 1. The maximum Gasteiger partial charge on any atom is 0.151 e. The summed E-state index contributed by atoms with van der Waals surface area (Å²) >= 11 is 13.4. The average Bonchev–Trinajstić information content (AvgIpc) is 2.98. The van der Waals surface area contributed by atoms with E-state index in [2.05, 4.69) is 11.9 Å². The van der Waals surface area contributed by atoms with Crippen molar-refractivity contribution in [2.45, 2.75) is 31.4 Å². The van der Waals surface area contributed by atoms with E-state index in [9.17, 15) is 4.79 Å². The van der Waals surface area contributed by atoms with Crippen molar-refractivity contribution in [1.29, 1.82) is 0 Å². The van der Waals surface area contributed by atoms with Crippen LogP contribution in [0.1, 0.15) is 33.6 Å². The third kappa shape index (κ3) is 4.69. The Morgan fingerprint density at radius 1 is 1.20 bits per heavy atom. The second-order valence-corrected chi connectivity index (χ2v) is 8.57. The Morgan fingerprint density at radius 3 is 2.60 bits per heavy atom. The molecule has 3 aromatic rings. The Balaban J connectivity index is 1.92. The molecule has 0 saturated heterocycles. The zero-order valence-corrected chi connectivity index (χ0v) is 19.2. The molecule has 156 valence electrons. The average molecular weight is 461 g/mol. The number of carbonyl (C=O) groups excluding carboxylic acids is 1. The fourth-order valence-corrected chi connectivity index (χ4v) is 4.56. The van der Waals surface area contributed by atoms with Crippen LogP contribution in [0.3, 0.4) is 0 Å². The summed E-state index contributed by atoms with van der Waals surface area (Å²) in [5, 5.41) is 0.581. The van der Waals surface area contributed by atoms with Gasteiger partial charge in [0.05, 0.1) is 0 Å². The molecule has 0 bridgehead atoms. The molecule has 0 atom stereocenters. The van der Waals surface area contributed by atoms with Crippen LogP contribution in [0.5, 0.6) is 5.75 Å². The Morgan fingerprint density at radius 2 is 1.97 bits per heavy atom. The van der Waals surface area contributed by atoms with Crippen LogP contribution in [0.4, 0.5) is 5.69 Å². The van der Waals surface area contributed by atoms with Crippen LogP contribution < -0.4 is 10.0 Å². The number of aromatic nitrogens is 1. The first-order chi connectivity index (χ1) is 14.3. The summed E-state index contributed by atoms with van der Waals surface area (Å²) in [6, 6.07) is 11.0. The number of nitrogen functional groups attached to an aromatic ring is 1. The van der Waals surface area contributed by atoms with E-state index in [1.807, 2.05) is 32.1 Å². The molecule has 1 aromatic heterocycles. The minimum absolute atomic E-state index is 0.516. The summed E-state index contributed by atoms with van der Waals surface area (Å²) in [5.74, 6) is 1.08. The molecule has 7 heteroatoms. The molecule has 3 N–H and O–H groups in total. The highest BCUT2D eigenvalue weighted by Crippen LogP contribution is 2.35. The van der Waals surface area contributed by atoms with E-state index < -0.39 is 0 Å². The maximum absolute atomic E-state index is 11.9. The van der Waals surface area contributed by atoms with Gasteiger partial charge in [-0.2, -0.15) is 0 Å². The number of allylic oxidation sites excluding steroid dienone is 1. The molecule has 0 aliphatic rings. The Bertz CT molecular complexity index is 1120. The summed E-state index contributed by atoms with van der Waals surface area (Å²) in [5.41, 5.74) is 13.0. The fraction of sp³-hybridized carbons (Fsp3) is 0.174. The molecule has 0 fully saturated rings. The van der Waals surface area contributed by atoms with Gasteiger partial charge in [-0.15, -0.1) is 11.8 Å². The summed E-state index contributed by atoms with van der Waals surface area (Å²) in [4.78, 5) is 16.2. The van der Waals surface area contributed by atoms with Gasteiger partial charge in [0.25, 0.3) is 0 Å². The molecule has 0 saturated carbocycles. The van der Waals surface area contributed by atoms with Crippen molar-refractivity contribution in [2.24, 2.45) is 0 Å². The lowest BCUT2D eigenvalue weighted by atomic mass is 10.0. The maximum atomic E-state index is 11.9. The topological polar surface area (TPSA) is 68.1 Å². The molecule has 1 heterocycles. The summed E-state index contributed by atoms with van der Waals surface area (Å²) in [7, 11) is 0. The molecule has 2 aromatic carbocycles. The zero-order chi connectivity index (χ0) is 21.8. The Labute approximate surface area is 190 Å². The normalized spacial score (nSPS) is 11.6. The van der Waals surface area contributed by atoms with Crippen molar-refractivity contribution in [1.82, 2.24) is 4.98 Å². The molecule has 0 spiro atoms. The van der Waals surface area contributed by atoms with Gasteiger partial charge in [0.1, 0.15) is 11.9 Å². The number of aryl methyl sites for hydroxylation is 1. The number of aromatic amines is 1. The number of hydrogen-bond acceptors (Lipinski definition) is 4. The summed E-state index contributed by atoms with van der Waals surface area (Å²) in [6.45, 7) is 6.10. The van der Waals surface area contributed by atoms with E-state index >= 15 is 0 Å². The third-order valence-corrected chi connectivity index (χ3v) is 6.70. The number of carbonyl (C=O) groups is 1. The van der Waals surface area contributed by atoms with Crippen LogP contribution in [-0.2, 0) is 10.5 Å². The molecule has 0 aliphatic carbocycles. The van der Waals surface area contributed by atoms with Gasteiger partial charge in [-0.25, -0.2) is 0 Å². The molecular formula is C23H22Cl2N2O2S. The Hall–Kier alpha value is -2.34. The molecule has 0 aliphatic heterocycles. The lowest BCUT2D eigenvalue weighted by Gasteiger charge is -2.11. The first-order valence-corrected chi connectivity index (χ1v) is 10.9. The monoisotopic (exact) mass is 460 g/mol. The largest absolute Gasteiger partial charge is 0.398 e. The highest BCUT2D eigenvalue weighted by Gasteiger charge is 2.13. The second-order valence-electron chi connectivity index (χ2n) is 6.96. The first kappa shape index (κ1) is 22.3. The standard InChI is InChI=1S/C23H22Cl2N2O2S/c1-13-14(2)22(27-15(13)3)9-16(11-28)18-10-17(7-8-21(18)26)30-12-19-20(24)5-4-6-23(19)29-25/h4-11,27H,12,26H2,1-3H3/b16-9+. The number of halogens is 2. The summed E-state index contributed by atoms with van der Waals surface area (Å²) in [6.07, 6.45) is 2.68. The minimum Gasteiger partial charge on any atom is -0.398 e. The molecule has 0 radical (unpaired) electrons. The van der Waals surface area contributed by atoms with Crippen LogP contribution in [-0.4, -0.2) is 11.3 Å². The number of H-pyrrole nitrogens is 1. The third-order valence-electron chi connectivity index (χ3n) is 5.16. The zero-order valence-electron chi connectivity index (χ0n) is 16.9. The van der Waals surface area contributed by atoms with Gasteiger partial charge < -0.3 is 15.0 Å². The van der Waals surface area contributed by atoms with Crippen LogP contribution in [0.25, 0.3) is 11.6 Å².